The zero-order valence-corrected chi connectivity index (χ0v) is 12.4. The summed E-state index contributed by atoms with van der Waals surface area (Å²) in [7, 11) is 1.49. The molecular weight excluding hydrogens is 280 g/mol. The number of ketones is 1. The first kappa shape index (κ1) is 14.2. The molecule has 0 aromatic heterocycles. The number of para-hydroxylation sites is 1. The number of benzene rings is 2. The third-order valence-corrected chi connectivity index (χ3v) is 3.66. The quantitative estimate of drug-likeness (QED) is 0.863. The molecule has 3 rings (SSSR count). The molecule has 4 nitrogen and oxygen atoms in total. The van der Waals surface area contributed by atoms with Crippen LogP contribution >= 0.6 is 0 Å². The Morgan fingerprint density at radius 2 is 2.09 bits per heavy atom. The second-order valence-electron chi connectivity index (χ2n) is 5.17. The fourth-order valence-electron chi connectivity index (χ4n) is 2.52. The molecule has 1 aliphatic rings. The molecule has 0 unspecified atom stereocenters. The number of phenolic OH excluding ortho intramolecular Hbond substituents is 1. The molecule has 0 spiro atoms. The van der Waals surface area contributed by atoms with Crippen LogP contribution in [0.5, 0.6) is 17.2 Å². The van der Waals surface area contributed by atoms with Crippen molar-refractivity contribution in [2.24, 2.45) is 0 Å². The summed E-state index contributed by atoms with van der Waals surface area (Å²) in [6.07, 6.45) is 1.73. The van der Waals surface area contributed by atoms with Crippen molar-refractivity contribution in [3.8, 4) is 17.2 Å². The Balaban J connectivity index is 1.96. The fourth-order valence-corrected chi connectivity index (χ4v) is 2.52. The number of hydrogen-bond acceptors (Lipinski definition) is 4. The molecule has 0 saturated heterocycles. The number of phenols is 1. The molecular formula is C18H16O4. The molecule has 0 amide bonds. The molecule has 2 aromatic rings. The lowest BCUT2D eigenvalue weighted by Crippen LogP contribution is -2.19. The summed E-state index contributed by atoms with van der Waals surface area (Å²) in [5.41, 5.74) is 2.81. The molecule has 4 heteroatoms. The van der Waals surface area contributed by atoms with Crippen molar-refractivity contribution < 1.29 is 19.4 Å². The Morgan fingerprint density at radius 3 is 2.82 bits per heavy atom. The van der Waals surface area contributed by atoms with Crippen LogP contribution in [0.2, 0.25) is 0 Å². The van der Waals surface area contributed by atoms with E-state index in [4.69, 9.17) is 9.47 Å². The summed E-state index contributed by atoms with van der Waals surface area (Å²) >= 11 is 0. The SMILES string of the molecule is COc1ccc(/C=C2/COc3c(C)cccc3C2=O)cc1O. The first-order chi connectivity index (χ1) is 10.6. The highest BCUT2D eigenvalue weighted by Crippen LogP contribution is 2.32. The number of Topliss-reactive ketones (excluding diaryl/α,β-unsaturated/α-hetero) is 1. The zero-order chi connectivity index (χ0) is 15.7. The van der Waals surface area contributed by atoms with Gasteiger partial charge in [0.2, 0.25) is 0 Å². The normalized spacial score (nSPS) is 15.4. The van der Waals surface area contributed by atoms with Gasteiger partial charge in [-0.2, -0.15) is 0 Å². The predicted octanol–water partition coefficient (Wildman–Crippen LogP) is 3.37. The van der Waals surface area contributed by atoms with Crippen molar-refractivity contribution in [2.45, 2.75) is 6.92 Å². The molecule has 0 bridgehead atoms. The lowest BCUT2D eigenvalue weighted by Gasteiger charge is -2.20. The molecule has 22 heavy (non-hydrogen) atoms. The van der Waals surface area contributed by atoms with Crippen LogP contribution in [0.4, 0.5) is 0 Å². The highest BCUT2D eigenvalue weighted by atomic mass is 16.5. The Labute approximate surface area is 128 Å². The van der Waals surface area contributed by atoms with Gasteiger partial charge in [0.1, 0.15) is 12.4 Å². The highest BCUT2D eigenvalue weighted by molar-refractivity contribution is 6.14. The highest BCUT2D eigenvalue weighted by Gasteiger charge is 2.24. The van der Waals surface area contributed by atoms with Gasteiger partial charge in [0.25, 0.3) is 0 Å². The average molecular weight is 296 g/mol. The number of aromatic hydroxyl groups is 1. The van der Waals surface area contributed by atoms with E-state index in [0.29, 0.717) is 22.6 Å². The predicted molar refractivity (Wildman–Crippen MR) is 83.6 cm³/mol. The molecule has 0 aliphatic carbocycles. The molecule has 1 aliphatic heterocycles. The first-order valence-electron chi connectivity index (χ1n) is 6.95. The maximum atomic E-state index is 12.5. The molecule has 0 saturated carbocycles. The standard InChI is InChI=1S/C18H16O4/c1-11-4-3-5-14-17(20)13(10-22-18(11)14)8-12-6-7-16(21-2)15(19)9-12/h3-9,19H,10H2,1-2H3/b13-8-. The van der Waals surface area contributed by atoms with E-state index in [9.17, 15) is 9.90 Å². The lowest BCUT2D eigenvalue weighted by atomic mass is 9.96. The van der Waals surface area contributed by atoms with Crippen molar-refractivity contribution in [3.05, 3.63) is 58.7 Å². The van der Waals surface area contributed by atoms with E-state index < -0.39 is 0 Å². The van der Waals surface area contributed by atoms with Crippen LogP contribution in [0.3, 0.4) is 0 Å². The van der Waals surface area contributed by atoms with Crippen LogP contribution in [-0.2, 0) is 0 Å². The number of carbonyl (C=O) groups excluding carboxylic acids is 1. The van der Waals surface area contributed by atoms with E-state index in [-0.39, 0.29) is 18.1 Å². The summed E-state index contributed by atoms with van der Waals surface area (Å²) in [5.74, 6) is 1.05. The van der Waals surface area contributed by atoms with E-state index in [2.05, 4.69) is 0 Å². The maximum absolute atomic E-state index is 12.5. The lowest BCUT2D eigenvalue weighted by molar-refractivity contribution is 0.100. The topological polar surface area (TPSA) is 55.8 Å². The second-order valence-corrected chi connectivity index (χ2v) is 5.17. The average Bonchev–Trinajstić information content (AvgIpc) is 2.51. The van der Waals surface area contributed by atoms with Crippen molar-refractivity contribution in [1.82, 2.24) is 0 Å². The summed E-state index contributed by atoms with van der Waals surface area (Å²) in [6.45, 7) is 2.14. The van der Waals surface area contributed by atoms with Gasteiger partial charge in [-0.3, -0.25) is 4.79 Å². The van der Waals surface area contributed by atoms with Gasteiger partial charge in [-0.15, -0.1) is 0 Å². The Kier molecular flexibility index (Phi) is 3.59. The molecule has 0 atom stereocenters. The number of carbonyl (C=O) groups is 1. The van der Waals surface area contributed by atoms with Crippen LogP contribution in [0.1, 0.15) is 21.5 Å². The summed E-state index contributed by atoms with van der Waals surface area (Å²) in [5, 5.41) is 9.81. The second kappa shape index (κ2) is 5.56. The van der Waals surface area contributed by atoms with Gasteiger partial charge < -0.3 is 14.6 Å². The number of methoxy groups -OCH3 is 1. The van der Waals surface area contributed by atoms with E-state index >= 15 is 0 Å². The van der Waals surface area contributed by atoms with E-state index in [1.165, 1.54) is 7.11 Å². The van der Waals surface area contributed by atoms with Crippen LogP contribution in [0, 0.1) is 6.92 Å². The molecule has 2 aromatic carbocycles. The van der Waals surface area contributed by atoms with Gasteiger partial charge in [0, 0.05) is 5.57 Å². The molecule has 1 heterocycles. The van der Waals surface area contributed by atoms with Crippen LogP contribution in [0.25, 0.3) is 6.08 Å². The van der Waals surface area contributed by atoms with E-state index in [1.54, 1.807) is 30.3 Å². The minimum atomic E-state index is -0.0414. The Hall–Kier alpha value is -2.75. The third-order valence-electron chi connectivity index (χ3n) is 3.66. The zero-order valence-electron chi connectivity index (χ0n) is 12.4. The molecule has 1 N–H and O–H groups in total. The van der Waals surface area contributed by atoms with Gasteiger partial charge in [0.05, 0.1) is 12.7 Å². The van der Waals surface area contributed by atoms with E-state index in [0.717, 1.165) is 11.1 Å². The summed E-state index contributed by atoms with van der Waals surface area (Å²) < 4.78 is 10.7. The first-order valence-corrected chi connectivity index (χ1v) is 6.95. The molecule has 0 fully saturated rings. The minimum absolute atomic E-state index is 0.0391. The van der Waals surface area contributed by atoms with Gasteiger partial charge in [-0.1, -0.05) is 18.2 Å². The molecule has 0 radical (unpaired) electrons. The monoisotopic (exact) mass is 296 g/mol. The molecule has 112 valence electrons. The number of hydrogen-bond donors (Lipinski definition) is 1. The number of fused-ring (bicyclic) bond motifs is 1. The Morgan fingerprint density at radius 1 is 1.27 bits per heavy atom. The third kappa shape index (κ3) is 2.44. The van der Waals surface area contributed by atoms with Gasteiger partial charge in [-0.05, 0) is 42.3 Å². The van der Waals surface area contributed by atoms with E-state index in [1.807, 2.05) is 19.1 Å². The summed E-state index contributed by atoms with van der Waals surface area (Å²) in [4.78, 5) is 12.5. The van der Waals surface area contributed by atoms with Gasteiger partial charge in [0.15, 0.2) is 17.3 Å². The van der Waals surface area contributed by atoms with Crippen molar-refractivity contribution >= 4 is 11.9 Å². The van der Waals surface area contributed by atoms with Crippen LogP contribution in [0.15, 0.2) is 42.0 Å². The maximum Gasteiger partial charge on any atom is 0.196 e. The summed E-state index contributed by atoms with van der Waals surface area (Å²) in [6, 6.07) is 10.5. The smallest absolute Gasteiger partial charge is 0.196 e. The largest absolute Gasteiger partial charge is 0.504 e. The Bertz CT molecular complexity index is 775. The minimum Gasteiger partial charge on any atom is -0.504 e. The van der Waals surface area contributed by atoms with Gasteiger partial charge in [-0.25, -0.2) is 0 Å². The fraction of sp³-hybridized carbons (Fsp3) is 0.167. The van der Waals surface area contributed by atoms with Crippen LogP contribution < -0.4 is 9.47 Å². The number of rotatable bonds is 2. The number of aryl methyl sites for hydroxylation is 1. The van der Waals surface area contributed by atoms with Crippen molar-refractivity contribution in [3.63, 3.8) is 0 Å². The number of ether oxygens (including phenoxy) is 2. The van der Waals surface area contributed by atoms with Gasteiger partial charge >= 0.3 is 0 Å². The van der Waals surface area contributed by atoms with Crippen molar-refractivity contribution in [1.29, 1.82) is 0 Å². The van der Waals surface area contributed by atoms with Crippen LogP contribution in [-0.4, -0.2) is 24.6 Å². The van der Waals surface area contributed by atoms with Crippen molar-refractivity contribution in [2.75, 3.05) is 13.7 Å².